The van der Waals surface area contributed by atoms with Gasteiger partial charge in [0, 0.05) is 37.9 Å². The number of nitrogens with zero attached hydrogens (tertiary/aromatic N) is 5. The zero-order chi connectivity index (χ0) is 18.5. The van der Waals surface area contributed by atoms with Gasteiger partial charge in [0.15, 0.2) is 5.82 Å². The Balaban J connectivity index is 1.35. The van der Waals surface area contributed by atoms with Gasteiger partial charge < -0.3 is 5.32 Å². The molecule has 2 aromatic heterocycles. The van der Waals surface area contributed by atoms with Crippen LogP contribution in [0.5, 0.6) is 0 Å². The van der Waals surface area contributed by atoms with E-state index in [1.807, 2.05) is 16.9 Å². The van der Waals surface area contributed by atoms with Crippen molar-refractivity contribution in [3.63, 3.8) is 0 Å². The van der Waals surface area contributed by atoms with Crippen molar-refractivity contribution in [3.8, 4) is 5.69 Å². The van der Waals surface area contributed by atoms with Crippen molar-refractivity contribution in [1.82, 2.24) is 24.6 Å². The van der Waals surface area contributed by atoms with Crippen LogP contribution < -0.4 is 5.32 Å². The fourth-order valence-corrected chi connectivity index (χ4v) is 3.44. The van der Waals surface area contributed by atoms with E-state index >= 15 is 0 Å². The summed E-state index contributed by atoms with van der Waals surface area (Å²) in [4.78, 5) is 23.0. The zero-order valence-corrected chi connectivity index (χ0v) is 15.0. The summed E-state index contributed by atoms with van der Waals surface area (Å²) in [7, 11) is 0. The summed E-state index contributed by atoms with van der Waals surface area (Å²) in [6, 6.07) is 10.3. The molecule has 1 aliphatic rings. The predicted molar refractivity (Wildman–Crippen MR) is 102 cm³/mol. The molecule has 3 heterocycles. The summed E-state index contributed by atoms with van der Waals surface area (Å²) in [6.45, 7) is 2.61. The van der Waals surface area contributed by atoms with Crippen molar-refractivity contribution in [3.05, 3.63) is 66.9 Å². The minimum absolute atomic E-state index is 0.0224. The smallest absolute Gasteiger partial charge is 0.229 e. The second-order valence-electron chi connectivity index (χ2n) is 6.77. The second kappa shape index (κ2) is 8.09. The van der Waals surface area contributed by atoms with Gasteiger partial charge in [0.25, 0.3) is 0 Å². The first-order chi connectivity index (χ1) is 13.3. The SMILES string of the molecule is O=C(Nc1cnccn1)C1CCCN(Cc2ccc(-n3cccn3)cc2)C1. The highest BCUT2D eigenvalue weighted by Gasteiger charge is 2.26. The molecule has 0 saturated carbocycles. The number of hydrogen-bond acceptors (Lipinski definition) is 5. The largest absolute Gasteiger partial charge is 0.309 e. The van der Waals surface area contributed by atoms with Gasteiger partial charge in [-0.3, -0.25) is 14.7 Å². The van der Waals surface area contributed by atoms with E-state index in [1.165, 1.54) is 5.56 Å². The first kappa shape index (κ1) is 17.4. The number of benzene rings is 1. The van der Waals surface area contributed by atoms with Crippen molar-refractivity contribution in [2.24, 2.45) is 5.92 Å². The topological polar surface area (TPSA) is 75.9 Å². The van der Waals surface area contributed by atoms with Gasteiger partial charge in [-0.1, -0.05) is 12.1 Å². The summed E-state index contributed by atoms with van der Waals surface area (Å²) in [5, 5.41) is 7.12. The van der Waals surface area contributed by atoms with Gasteiger partial charge in [0.05, 0.1) is 17.8 Å². The molecule has 0 radical (unpaired) electrons. The Morgan fingerprint density at radius 2 is 2.07 bits per heavy atom. The highest BCUT2D eigenvalue weighted by molar-refractivity contribution is 5.91. The molecule has 1 aliphatic heterocycles. The third-order valence-electron chi connectivity index (χ3n) is 4.80. The Morgan fingerprint density at radius 1 is 1.19 bits per heavy atom. The second-order valence-corrected chi connectivity index (χ2v) is 6.77. The van der Waals surface area contributed by atoms with Crippen molar-refractivity contribution in [2.45, 2.75) is 19.4 Å². The molecule has 0 bridgehead atoms. The molecule has 1 fully saturated rings. The molecule has 1 amide bonds. The van der Waals surface area contributed by atoms with E-state index in [4.69, 9.17) is 0 Å². The zero-order valence-electron chi connectivity index (χ0n) is 15.0. The average Bonchev–Trinajstić information content (AvgIpc) is 3.24. The molecule has 0 aliphatic carbocycles. The molecule has 138 valence electrons. The molecule has 0 spiro atoms. The number of nitrogens with one attached hydrogen (secondary N) is 1. The van der Waals surface area contributed by atoms with E-state index in [1.54, 1.807) is 24.8 Å². The molecular weight excluding hydrogens is 340 g/mol. The first-order valence-electron chi connectivity index (χ1n) is 9.16. The molecule has 1 saturated heterocycles. The van der Waals surface area contributed by atoms with Crippen molar-refractivity contribution in [1.29, 1.82) is 0 Å². The molecule has 1 N–H and O–H groups in total. The maximum absolute atomic E-state index is 12.5. The van der Waals surface area contributed by atoms with Crippen LogP contribution in [0.2, 0.25) is 0 Å². The quantitative estimate of drug-likeness (QED) is 0.755. The maximum atomic E-state index is 12.5. The van der Waals surface area contributed by atoms with Crippen molar-refractivity contribution < 1.29 is 4.79 Å². The molecule has 7 heteroatoms. The van der Waals surface area contributed by atoms with Crippen LogP contribution >= 0.6 is 0 Å². The fraction of sp³-hybridized carbons (Fsp3) is 0.300. The minimum atomic E-state index is -0.0240. The van der Waals surface area contributed by atoms with Gasteiger partial charge in [-0.05, 0) is 43.1 Å². The van der Waals surface area contributed by atoms with Gasteiger partial charge in [-0.25, -0.2) is 9.67 Å². The number of anilines is 1. The summed E-state index contributed by atoms with van der Waals surface area (Å²) in [5.74, 6) is 0.507. The molecule has 3 aromatic rings. The van der Waals surface area contributed by atoms with Crippen LogP contribution in [-0.2, 0) is 11.3 Å². The number of piperidine rings is 1. The van der Waals surface area contributed by atoms with Crippen molar-refractivity contribution >= 4 is 11.7 Å². The van der Waals surface area contributed by atoms with E-state index in [9.17, 15) is 4.79 Å². The minimum Gasteiger partial charge on any atom is -0.309 e. The van der Waals surface area contributed by atoms with E-state index in [0.29, 0.717) is 5.82 Å². The number of rotatable bonds is 5. The molecular formula is C20H22N6O. The molecule has 27 heavy (non-hydrogen) atoms. The Hall–Kier alpha value is -3.06. The molecule has 1 atom stereocenters. The molecule has 7 nitrogen and oxygen atoms in total. The van der Waals surface area contributed by atoms with Gasteiger partial charge >= 0.3 is 0 Å². The summed E-state index contributed by atoms with van der Waals surface area (Å²) in [5.41, 5.74) is 2.28. The monoisotopic (exact) mass is 362 g/mol. The Labute approximate surface area is 158 Å². The number of carbonyl (C=O) groups is 1. The van der Waals surface area contributed by atoms with Crippen LogP contribution in [0.1, 0.15) is 18.4 Å². The Bertz CT molecular complexity index is 863. The van der Waals surface area contributed by atoms with E-state index in [-0.39, 0.29) is 11.8 Å². The van der Waals surface area contributed by atoms with Crippen LogP contribution in [0.3, 0.4) is 0 Å². The molecule has 1 unspecified atom stereocenters. The fourth-order valence-electron chi connectivity index (χ4n) is 3.44. The Morgan fingerprint density at radius 3 is 2.81 bits per heavy atom. The normalized spacial score (nSPS) is 17.6. The van der Waals surface area contributed by atoms with Crippen LogP contribution in [0.25, 0.3) is 5.69 Å². The lowest BCUT2D eigenvalue weighted by Gasteiger charge is -2.32. The van der Waals surface area contributed by atoms with E-state index < -0.39 is 0 Å². The summed E-state index contributed by atoms with van der Waals surface area (Å²) in [6.07, 6.45) is 10.4. The molecule has 4 rings (SSSR count). The number of aromatic nitrogens is 4. The van der Waals surface area contributed by atoms with Crippen LogP contribution in [-0.4, -0.2) is 43.6 Å². The number of carbonyl (C=O) groups excluding carboxylic acids is 1. The average molecular weight is 362 g/mol. The highest BCUT2D eigenvalue weighted by atomic mass is 16.2. The highest BCUT2D eigenvalue weighted by Crippen LogP contribution is 2.20. The Kier molecular flexibility index (Phi) is 5.20. The van der Waals surface area contributed by atoms with Gasteiger partial charge in [-0.2, -0.15) is 5.10 Å². The lowest BCUT2D eigenvalue weighted by molar-refractivity contribution is -0.121. The van der Waals surface area contributed by atoms with E-state index in [2.05, 4.69) is 49.5 Å². The molecule has 1 aromatic carbocycles. The number of amides is 1. The maximum Gasteiger partial charge on any atom is 0.229 e. The predicted octanol–water partition coefficient (Wildman–Crippen LogP) is 2.51. The van der Waals surface area contributed by atoms with Crippen LogP contribution in [0.4, 0.5) is 5.82 Å². The third kappa shape index (κ3) is 4.38. The summed E-state index contributed by atoms with van der Waals surface area (Å²) >= 11 is 0. The van der Waals surface area contributed by atoms with Gasteiger partial charge in [0.1, 0.15) is 0 Å². The van der Waals surface area contributed by atoms with E-state index in [0.717, 1.165) is 38.2 Å². The van der Waals surface area contributed by atoms with Gasteiger partial charge in [0.2, 0.25) is 5.91 Å². The van der Waals surface area contributed by atoms with Crippen LogP contribution in [0, 0.1) is 5.92 Å². The lowest BCUT2D eigenvalue weighted by atomic mass is 9.96. The van der Waals surface area contributed by atoms with Crippen LogP contribution in [0.15, 0.2) is 61.3 Å². The van der Waals surface area contributed by atoms with Crippen molar-refractivity contribution in [2.75, 3.05) is 18.4 Å². The standard InChI is InChI=1S/C20H22N6O/c27-20(24-19-13-21-9-10-22-19)17-3-1-11-25(15-17)14-16-4-6-18(7-5-16)26-12-2-8-23-26/h2,4-10,12-13,17H,1,3,11,14-15H2,(H,22,24,27). The summed E-state index contributed by atoms with van der Waals surface area (Å²) < 4.78 is 1.84. The number of likely N-dealkylation sites (tertiary alicyclic amines) is 1. The number of hydrogen-bond donors (Lipinski definition) is 1. The third-order valence-corrected chi connectivity index (χ3v) is 4.80. The first-order valence-corrected chi connectivity index (χ1v) is 9.16. The lowest BCUT2D eigenvalue weighted by Crippen LogP contribution is -2.40. The van der Waals surface area contributed by atoms with Gasteiger partial charge in [-0.15, -0.1) is 0 Å².